The molecule has 1 aliphatic heterocycles. The quantitative estimate of drug-likeness (QED) is 0.854. The molecule has 1 heterocycles. The lowest BCUT2D eigenvalue weighted by atomic mass is 10.1. The maximum atomic E-state index is 12.7. The van der Waals surface area contributed by atoms with Gasteiger partial charge in [0.05, 0.1) is 35.0 Å². The van der Waals surface area contributed by atoms with Crippen molar-refractivity contribution < 1.29 is 9.53 Å². The summed E-state index contributed by atoms with van der Waals surface area (Å²) >= 11 is 12.0. The minimum absolute atomic E-state index is 0.0472. The molecule has 3 rings (SSSR count). The smallest absolute Gasteiger partial charge is 0.254 e. The number of nitrogens with zero attached hydrogens (tertiary/aromatic N) is 1. The second-order valence-corrected chi connectivity index (χ2v) is 6.15. The Kier molecular flexibility index (Phi) is 3.80. The maximum Gasteiger partial charge on any atom is 0.254 e. The van der Waals surface area contributed by atoms with E-state index in [0.717, 1.165) is 0 Å². The Bertz CT molecular complexity index is 523. The second kappa shape index (κ2) is 5.43. The van der Waals surface area contributed by atoms with Gasteiger partial charge in [0.1, 0.15) is 0 Å². The highest BCUT2D eigenvalue weighted by atomic mass is 35.5. The SMILES string of the molecule is Nc1c(Cl)cc(C(=O)N2CCOC[C@@H]2C2CC2)cc1Cl. The van der Waals surface area contributed by atoms with E-state index in [4.69, 9.17) is 33.7 Å². The summed E-state index contributed by atoms with van der Waals surface area (Å²) in [6.45, 7) is 1.80. The van der Waals surface area contributed by atoms with Crippen LogP contribution in [0.15, 0.2) is 12.1 Å². The summed E-state index contributed by atoms with van der Waals surface area (Å²) in [7, 11) is 0. The zero-order valence-electron chi connectivity index (χ0n) is 10.9. The molecule has 4 nitrogen and oxygen atoms in total. The van der Waals surface area contributed by atoms with Crippen molar-refractivity contribution in [2.45, 2.75) is 18.9 Å². The molecule has 1 atom stereocenters. The topological polar surface area (TPSA) is 55.6 Å². The fraction of sp³-hybridized carbons (Fsp3) is 0.500. The van der Waals surface area contributed by atoms with E-state index in [1.807, 2.05) is 4.90 Å². The van der Waals surface area contributed by atoms with Crippen molar-refractivity contribution in [1.82, 2.24) is 4.90 Å². The van der Waals surface area contributed by atoms with Crippen LogP contribution < -0.4 is 5.73 Å². The fourth-order valence-corrected chi connectivity index (χ4v) is 3.11. The monoisotopic (exact) mass is 314 g/mol. The number of carbonyl (C=O) groups excluding carboxylic acids is 1. The van der Waals surface area contributed by atoms with Gasteiger partial charge in [-0.25, -0.2) is 0 Å². The van der Waals surface area contributed by atoms with Gasteiger partial charge in [-0.05, 0) is 30.9 Å². The van der Waals surface area contributed by atoms with Gasteiger partial charge in [0.2, 0.25) is 0 Å². The Balaban J connectivity index is 1.87. The molecule has 0 spiro atoms. The van der Waals surface area contributed by atoms with E-state index < -0.39 is 0 Å². The number of rotatable bonds is 2. The fourth-order valence-electron chi connectivity index (χ4n) is 2.62. The lowest BCUT2D eigenvalue weighted by Gasteiger charge is -2.36. The number of anilines is 1. The van der Waals surface area contributed by atoms with Crippen molar-refractivity contribution in [1.29, 1.82) is 0 Å². The van der Waals surface area contributed by atoms with Crippen LogP contribution in [0.1, 0.15) is 23.2 Å². The van der Waals surface area contributed by atoms with Crippen LogP contribution in [0.5, 0.6) is 0 Å². The molecule has 0 aromatic heterocycles. The number of halogens is 2. The molecule has 1 aliphatic carbocycles. The molecule has 1 saturated heterocycles. The number of amides is 1. The maximum absolute atomic E-state index is 12.7. The number of morpholine rings is 1. The molecule has 1 aromatic rings. The normalized spacial score (nSPS) is 22.9. The molecule has 0 radical (unpaired) electrons. The molecule has 2 N–H and O–H groups in total. The van der Waals surface area contributed by atoms with Crippen LogP contribution in [-0.2, 0) is 4.74 Å². The van der Waals surface area contributed by atoms with Crippen molar-refractivity contribution in [3.63, 3.8) is 0 Å². The molecule has 1 aromatic carbocycles. The highest BCUT2D eigenvalue weighted by Gasteiger charge is 2.39. The first-order chi connectivity index (χ1) is 9.58. The van der Waals surface area contributed by atoms with Crippen molar-refractivity contribution in [2.24, 2.45) is 5.92 Å². The number of nitrogens with two attached hydrogens (primary N) is 1. The number of nitrogen functional groups attached to an aromatic ring is 1. The summed E-state index contributed by atoms with van der Waals surface area (Å²) in [5.74, 6) is 0.521. The molecule has 1 saturated carbocycles. The standard InChI is InChI=1S/C14H16Cl2N2O2/c15-10-5-9(6-11(16)13(10)17)14(19)18-3-4-20-7-12(18)8-1-2-8/h5-6,8,12H,1-4,7,17H2/t12-/m1/s1. The van der Waals surface area contributed by atoms with Crippen LogP contribution in [0, 0.1) is 5.92 Å². The van der Waals surface area contributed by atoms with E-state index in [1.54, 1.807) is 12.1 Å². The van der Waals surface area contributed by atoms with Crippen molar-refractivity contribution in [3.8, 4) is 0 Å². The van der Waals surface area contributed by atoms with E-state index in [2.05, 4.69) is 0 Å². The van der Waals surface area contributed by atoms with Crippen LogP contribution in [0.3, 0.4) is 0 Å². The Morgan fingerprint density at radius 3 is 2.55 bits per heavy atom. The van der Waals surface area contributed by atoms with Gasteiger partial charge in [0.25, 0.3) is 5.91 Å². The van der Waals surface area contributed by atoms with Crippen molar-refractivity contribution >= 4 is 34.8 Å². The Morgan fingerprint density at radius 1 is 1.30 bits per heavy atom. The lowest BCUT2D eigenvalue weighted by Crippen LogP contribution is -2.49. The molecule has 0 unspecified atom stereocenters. The predicted molar refractivity (Wildman–Crippen MR) is 79.2 cm³/mol. The zero-order valence-corrected chi connectivity index (χ0v) is 12.5. The Morgan fingerprint density at radius 2 is 1.95 bits per heavy atom. The van der Waals surface area contributed by atoms with E-state index in [0.29, 0.717) is 47.0 Å². The Hall–Kier alpha value is -0.970. The molecule has 20 heavy (non-hydrogen) atoms. The molecular formula is C14H16Cl2N2O2. The van der Waals surface area contributed by atoms with E-state index >= 15 is 0 Å². The minimum atomic E-state index is -0.0472. The number of carbonyl (C=O) groups is 1. The summed E-state index contributed by atoms with van der Waals surface area (Å²) in [6, 6.07) is 3.35. The van der Waals surface area contributed by atoms with Crippen LogP contribution in [0.4, 0.5) is 5.69 Å². The third kappa shape index (κ3) is 2.60. The van der Waals surface area contributed by atoms with E-state index in [9.17, 15) is 4.79 Å². The van der Waals surface area contributed by atoms with Crippen LogP contribution in [-0.4, -0.2) is 36.6 Å². The summed E-state index contributed by atoms with van der Waals surface area (Å²) in [5, 5.41) is 0.633. The summed E-state index contributed by atoms with van der Waals surface area (Å²) in [5.41, 5.74) is 6.50. The first-order valence-corrected chi connectivity index (χ1v) is 7.46. The molecular weight excluding hydrogens is 299 g/mol. The van der Waals surface area contributed by atoms with E-state index in [-0.39, 0.29) is 11.9 Å². The molecule has 1 amide bonds. The van der Waals surface area contributed by atoms with Crippen molar-refractivity contribution in [2.75, 3.05) is 25.5 Å². The molecule has 0 bridgehead atoms. The van der Waals surface area contributed by atoms with Gasteiger partial charge in [-0.2, -0.15) is 0 Å². The van der Waals surface area contributed by atoms with Gasteiger partial charge in [-0.3, -0.25) is 4.79 Å². The number of ether oxygens (including phenoxy) is 1. The molecule has 2 fully saturated rings. The van der Waals surface area contributed by atoms with Gasteiger partial charge in [-0.1, -0.05) is 23.2 Å². The minimum Gasteiger partial charge on any atom is -0.396 e. The first-order valence-electron chi connectivity index (χ1n) is 6.71. The van der Waals surface area contributed by atoms with Crippen LogP contribution >= 0.6 is 23.2 Å². The number of hydrogen-bond donors (Lipinski definition) is 1. The van der Waals surface area contributed by atoms with Gasteiger partial charge < -0.3 is 15.4 Å². The highest BCUT2D eigenvalue weighted by molar-refractivity contribution is 6.39. The third-order valence-corrected chi connectivity index (χ3v) is 4.54. The third-order valence-electron chi connectivity index (χ3n) is 3.92. The zero-order chi connectivity index (χ0) is 14.3. The summed E-state index contributed by atoms with van der Waals surface area (Å²) in [4.78, 5) is 14.6. The van der Waals surface area contributed by atoms with Crippen LogP contribution in [0.25, 0.3) is 0 Å². The van der Waals surface area contributed by atoms with E-state index in [1.165, 1.54) is 12.8 Å². The predicted octanol–water partition coefficient (Wildman–Crippen LogP) is 2.83. The molecule has 6 heteroatoms. The molecule has 108 valence electrons. The summed E-state index contributed by atoms with van der Waals surface area (Å²) < 4.78 is 5.50. The van der Waals surface area contributed by atoms with Gasteiger partial charge in [0, 0.05) is 12.1 Å². The average Bonchev–Trinajstić information content (AvgIpc) is 3.28. The summed E-state index contributed by atoms with van der Waals surface area (Å²) in [6.07, 6.45) is 2.34. The van der Waals surface area contributed by atoms with Gasteiger partial charge in [-0.15, -0.1) is 0 Å². The first kappa shape index (κ1) is 14.0. The molecule has 2 aliphatic rings. The Labute approximate surface area is 127 Å². The lowest BCUT2D eigenvalue weighted by molar-refractivity contribution is -0.00834. The van der Waals surface area contributed by atoms with Crippen LogP contribution in [0.2, 0.25) is 10.0 Å². The largest absolute Gasteiger partial charge is 0.396 e. The van der Waals surface area contributed by atoms with Gasteiger partial charge >= 0.3 is 0 Å². The van der Waals surface area contributed by atoms with Crippen molar-refractivity contribution in [3.05, 3.63) is 27.7 Å². The highest BCUT2D eigenvalue weighted by Crippen LogP contribution is 2.37. The number of hydrogen-bond acceptors (Lipinski definition) is 3. The van der Waals surface area contributed by atoms with Gasteiger partial charge in [0.15, 0.2) is 0 Å². The number of benzene rings is 1. The second-order valence-electron chi connectivity index (χ2n) is 5.33. The average molecular weight is 315 g/mol.